The van der Waals surface area contributed by atoms with E-state index in [0.29, 0.717) is 16.2 Å². The number of ether oxygens (including phenoxy) is 1. The van der Waals surface area contributed by atoms with Gasteiger partial charge in [-0.3, -0.25) is 14.5 Å². The summed E-state index contributed by atoms with van der Waals surface area (Å²) >= 11 is 0. The highest BCUT2D eigenvalue weighted by Crippen LogP contribution is 2.40. The van der Waals surface area contributed by atoms with Crippen molar-refractivity contribution in [2.24, 2.45) is 0 Å². The molecule has 4 aromatic carbocycles. The fourth-order valence-electron chi connectivity index (χ4n) is 4.69. The van der Waals surface area contributed by atoms with E-state index in [4.69, 9.17) is 4.74 Å². The van der Waals surface area contributed by atoms with Gasteiger partial charge in [-0.1, -0.05) is 48.5 Å². The molecule has 0 unspecified atom stereocenters. The molecule has 236 valence electrons. The Hall–Kier alpha value is -5.66. The van der Waals surface area contributed by atoms with Crippen molar-refractivity contribution in [3.63, 3.8) is 0 Å². The smallest absolute Gasteiger partial charge is 0.418 e. The van der Waals surface area contributed by atoms with Crippen molar-refractivity contribution in [3.05, 3.63) is 125 Å². The second-order valence-corrected chi connectivity index (χ2v) is 9.92. The zero-order chi connectivity index (χ0) is 32.8. The number of carbonyl (C=O) groups is 2. The third kappa shape index (κ3) is 7.17. The van der Waals surface area contributed by atoms with Crippen molar-refractivity contribution in [3.8, 4) is 17.1 Å². The lowest BCUT2D eigenvalue weighted by Gasteiger charge is -2.33. The maximum atomic E-state index is 14.3. The number of alkyl halides is 3. The predicted molar refractivity (Wildman–Crippen MR) is 156 cm³/mol. The van der Waals surface area contributed by atoms with Crippen LogP contribution >= 0.6 is 0 Å². The number of hydrogen-bond donors (Lipinski definition) is 1. The van der Waals surface area contributed by atoms with E-state index in [0.717, 1.165) is 35.1 Å². The Balaban J connectivity index is 1.56. The summed E-state index contributed by atoms with van der Waals surface area (Å²) in [7, 11) is 1.49. The van der Waals surface area contributed by atoms with Crippen molar-refractivity contribution in [1.82, 2.24) is 25.5 Å². The first kappa shape index (κ1) is 31.8. The monoisotopic (exact) mass is 636 g/mol. The largest absolute Gasteiger partial charge is 0.497 e. The lowest BCUT2D eigenvalue weighted by Crippen LogP contribution is -2.46. The molecule has 0 fully saturated rings. The summed E-state index contributed by atoms with van der Waals surface area (Å²) < 4.78 is 76.3. The van der Waals surface area contributed by atoms with Crippen LogP contribution in [0.4, 0.5) is 27.6 Å². The molecular weight excluding hydrogens is 611 g/mol. The second-order valence-electron chi connectivity index (χ2n) is 9.92. The number of nitrogens with zero attached hydrogens (tertiary/aromatic N) is 5. The molecular formula is C32H25F5N6O3. The zero-order valence-electron chi connectivity index (χ0n) is 24.1. The van der Waals surface area contributed by atoms with Gasteiger partial charge in [0.05, 0.1) is 23.9 Å². The molecule has 5 aromatic rings. The molecule has 0 spiro atoms. The SMILES string of the molecule is COc1ccc(CNC(=O)[C@@H](c2ccc(F)cc2)N(C(=O)Cn2nnc(-c3ccccc3F)n2)c2ccccc2C(F)(F)F)cc1. The minimum Gasteiger partial charge on any atom is -0.497 e. The van der Waals surface area contributed by atoms with E-state index >= 15 is 0 Å². The molecule has 9 nitrogen and oxygen atoms in total. The van der Waals surface area contributed by atoms with Gasteiger partial charge in [0.1, 0.15) is 30.0 Å². The molecule has 14 heteroatoms. The Bertz CT molecular complexity index is 1830. The van der Waals surface area contributed by atoms with Crippen LogP contribution in [0.15, 0.2) is 97.1 Å². The molecule has 0 aliphatic carbocycles. The number of rotatable bonds is 10. The van der Waals surface area contributed by atoms with Crippen LogP contribution in [0, 0.1) is 11.6 Å². The molecule has 2 amide bonds. The average molecular weight is 637 g/mol. The Morgan fingerprint density at radius 1 is 0.913 bits per heavy atom. The summed E-state index contributed by atoms with van der Waals surface area (Å²) in [5.74, 6) is -2.81. The molecule has 0 bridgehead atoms. The van der Waals surface area contributed by atoms with Gasteiger partial charge in [0.15, 0.2) is 0 Å². The summed E-state index contributed by atoms with van der Waals surface area (Å²) in [5, 5.41) is 14.3. The normalized spacial score (nSPS) is 12.0. The van der Waals surface area contributed by atoms with Crippen LogP contribution in [0.2, 0.25) is 0 Å². The number of aromatic nitrogens is 4. The summed E-state index contributed by atoms with van der Waals surface area (Å²) in [6, 6.07) is 19.2. The lowest BCUT2D eigenvalue weighted by atomic mass is 10.0. The van der Waals surface area contributed by atoms with E-state index in [2.05, 4.69) is 20.7 Å². The first-order valence-electron chi connectivity index (χ1n) is 13.7. The van der Waals surface area contributed by atoms with Gasteiger partial charge < -0.3 is 10.1 Å². The number of hydrogen-bond acceptors (Lipinski definition) is 6. The van der Waals surface area contributed by atoms with E-state index in [-0.39, 0.29) is 23.5 Å². The summed E-state index contributed by atoms with van der Waals surface area (Å²) in [6.07, 6.45) is -4.93. The number of benzene rings is 4. The summed E-state index contributed by atoms with van der Waals surface area (Å²) in [5.41, 5.74) is -1.19. The molecule has 1 atom stereocenters. The third-order valence-electron chi connectivity index (χ3n) is 6.90. The van der Waals surface area contributed by atoms with Gasteiger partial charge in [-0.15, -0.1) is 10.2 Å². The Labute approximate surface area is 259 Å². The van der Waals surface area contributed by atoms with Crippen molar-refractivity contribution < 1.29 is 36.3 Å². The Morgan fingerprint density at radius 3 is 2.26 bits per heavy atom. The fourth-order valence-corrected chi connectivity index (χ4v) is 4.69. The number of amides is 2. The Kier molecular flexibility index (Phi) is 9.35. The third-order valence-corrected chi connectivity index (χ3v) is 6.90. The number of tetrazole rings is 1. The van der Waals surface area contributed by atoms with Gasteiger partial charge >= 0.3 is 6.18 Å². The predicted octanol–water partition coefficient (Wildman–Crippen LogP) is 5.74. The van der Waals surface area contributed by atoms with E-state index in [9.17, 15) is 31.5 Å². The minimum atomic E-state index is -4.93. The van der Waals surface area contributed by atoms with Crippen LogP contribution in [-0.4, -0.2) is 39.1 Å². The standard InChI is InChI=1S/C32H25F5N6O3/c1-46-23-16-10-20(11-17-23)18-38-31(45)29(21-12-14-22(33)15-13-21)43(27-9-5-3-7-25(27)32(35,36)37)28(44)19-42-40-30(39-41-42)24-6-2-4-8-26(24)34/h2-17,29H,18-19H2,1H3,(H,38,45)/t29-/m1/s1. The number of halogens is 5. The minimum absolute atomic E-state index is 0.0115. The van der Waals surface area contributed by atoms with Crippen LogP contribution < -0.4 is 15.0 Å². The Morgan fingerprint density at radius 2 is 1.59 bits per heavy atom. The van der Waals surface area contributed by atoms with Crippen LogP contribution in [0.1, 0.15) is 22.7 Å². The zero-order valence-corrected chi connectivity index (χ0v) is 24.1. The topological polar surface area (TPSA) is 102 Å². The maximum absolute atomic E-state index is 14.3. The molecule has 5 rings (SSSR count). The van der Waals surface area contributed by atoms with Gasteiger partial charge in [-0.25, -0.2) is 8.78 Å². The van der Waals surface area contributed by atoms with E-state index in [1.807, 2.05) is 0 Å². The van der Waals surface area contributed by atoms with E-state index in [1.54, 1.807) is 24.3 Å². The second kappa shape index (κ2) is 13.5. The highest BCUT2D eigenvalue weighted by Gasteiger charge is 2.40. The summed E-state index contributed by atoms with van der Waals surface area (Å²) in [4.78, 5) is 29.4. The van der Waals surface area contributed by atoms with Gasteiger partial charge in [-0.2, -0.15) is 18.0 Å². The lowest BCUT2D eigenvalue weighted by molar-refractivity contribution is -0.137. The van der Waals surface area contributed by atoms with Gasteiger partial charge in [0.2, 0.25) is 11.7 Å². The van der Waals surface area contributed by atoms with E-state index < -0.39 is 53.5 Å². The van der Waals surface area contributed by atoms with Crippen molar-refractivity contribution in [1.29, 1.82) is 0 Å². The highest BCUT2D eigenvalue weighted by atomic mass is 19.4. The van der Waals surface area contributed by atoms with Crippen LogP contribution in [0.25, 0.3) is 11.4 Å². The first-order valence-corrected chi connectivity index (χ1v) is 13.7. The molecule has 46 heavy (non-hydrogen) atoms. The molecule has 1 heterocycles. The van der Waals surface area contributed by atoms with Gasteiger partial charge in [-0.05, 0) is 64.9 Å². The molecule has 0 aliphatic rings. The van der Waals surface area contributed by atoms with Crippen LogP contribution in [-0.2, 0) is 28.9 Å². The van der Waals surface area contributed by atoms with Crippen molar-refractivity contribution in [2.45, 2.75) is 25.3 Å². The maximum Gasteiger partial charge on any atom is 0.418 e. The molecule has 0 aliphatic heterocycles. The summed E-state index contributed by atoms with van der Waals surface area (Å²) in [6.45, 7) is -0.836. The number of anilines is 1. The number of para-hydroxylation sites is 1. The number of carbonyl (C=O) groups excluding carboxylic acids is 2. The quantitative estimate of drug-likeness (QED) is 0.196. The average Bonchev–Trinajstić information content (AvgIpc) is 3.51. The van der Waals surface area contributed by atoms with Gasteiger partial charge in [0, 0.05) is 6.54 Å². The fraction of sp³-hybridized carbons (Fsp3) is 0.156. The van der Waals surface area contributed by atoms with Gasteiger partial charge in [0.25, 0.3) is 5.91 Å². The number of nitrogens with one attached hydrogen (secondary N) is 1. The molecule has 0 radical (unpaired) electrons. The van der Waals surface area contributed by atoms with Crippen molar-refractivity contribution in [2.75, 3.05) is 12.0 Å². The molecule has 0 saturated heterocycles. The number of methoxy groups -OCH3 is 1. The van der Waals surface area contributed by atoms with E-state index in [1.165, 1.54) is 49.6 Å². The van der Waals surface area contributed by atoms with Crippen LogP contribution in [0.3, 0.4) is 0 Å². The highest BCUT2D eigenvalue weighted by molar-refractivity contribution is 6.01. The van der Waals surface area contributed by atoms with Crippen molar-refractivity contribution >= 4 is 17.5 Å². The van der Waals surface area contributed by atoms with Crippen LogP contribution in [0.5, 0.6) is 5.75 Å². The first-order chi connectivity index (χ1) is 22.0. The molecule has 0 saturated carbocycles. The molecule has 1 aromatic heterocycles. The molecule has 1 N–H and O–H groups in total.